The Hall–Kier alpha value is -2.00. The highest BCUT2D eigenvalue weighted by molar-refractivity contribution is 6.07. The van der Waals surface area contributed by atoms with Crippen LogP contribution in [0.1, 0.15) is 10.4 Å². The molecule has 0 radical (unpaired) electrons. The summed E-state index contributed by atoms with van der Waals surface area (Å²) in [5.41, 5.74) is 7.34. The van der Waals surface area contributed by atoms with Crippen LogP contribution >= 0.6 is 12.4 Å². The third kappa shape index (κ3) is 1.74. The molecule has 2 aromatic carbocycles. The van der Waals surface area contributed by atoms with Gasteiger partial charge in [0.2, 0.25) is 5.91 Å². The number of hydrogen-bond acceptors (Lipinski definition) is 2. The predicted molar refractivity (Wildman–Crippen MR) is 69.5 cm³/mol. The van der Waals surface area contributed by atoms with Gasteiger partial charge in [-0.05, 0) is 24.3 Å². The first-order valence-electron chi connectivity index (χ1n) is 4.97. The van der Waals surface area contributed by atoms with Crippen molar-refractivity contribution in [1.29, 1.82) is 0 Å². The molecule has 4 heteroatoms. The molecule has 0 fully saturated rings. The van der Waals surface area contributed by atoms with Crippen molar-refractivity contribution in [3.63, 3.8) is 0 Å². The van der Waals surface area contributed by atoms with E-state index in [0.717, 1.165) is 21.9 Å². The zero-order chi connectivity index (χ0) is 11.1. The van der Waals surface area contributed by atoms with E-state index in [-0.39, 0.29) is 12.4 Å². The number of benzene rings is 2. The van der Waals surface area contributed by atoms with Crippen molar-refractivity contribution in [1.82, 2.24) is 0 Å². The smallest absolute Gasteiger partial charge is 0.248 e. The molecule has 0 aliphatic rings. The lowest BCUT2D eigenvalue weighted by atomic mass is 10.1. The van der Waals surface area contributed by atoms with E-state index in [2.05, 4.69) is 0 Å². The summed E-state index contributed by atoms with van der Waals surface area (Å²) in [5, 5.41) is 1.92. The predicted octanol–water partition coefficient (Wildman–Crippen LogP) is 3.11. The molecule has 86 valence electrons. The second-order valence-electron chi connectivity index (χ2n) is 3.67. The summed E-state index contributed by atoms with van der Waals surface area (Å²) in [7, 11) is 0. The van der Waals surface area contributed by atoms with Crippen molar-refractivity contribution in [2.45, 2.75) is 0 Å². The molecule has 3 rings (SSSR count). The average molecular weight is 248 g/mol. The number of rotatable bonds is 1. The van der Waals surface area contributed by atoms with Crippen LogP contribution in [0.3, 0.4) is 0 Å². The molecule has 0 aliphatic carbocycles. The maximum atomic E-state index is 11.1. The minimum Gasteiger partial charge on any atom is -0.456 e. The third-order valence-corrected chi connectivity index (χ3v) is 2.66. The van der Waals surface area contributed by atoms with Gasteiger partial charge in [-0.15, -0.1) is 12.4 Å². The van der Waals surface area contributed by atoms with Gasteiger partial charge in [0.15, 0.2) is 0 Å². The SMILES string of the molecule is Cl.NC(=O)c1ccc2oc3ccccc3c2c1. The first-order valence-corrected chi connectivity index (χ1v) is 4.97. The summed E-state index contributed by atoms with van der Waals surface area (Å²) in [6.07, 6.45) is 0. The van der Waals surface area contributed by atoms with Crippen molar-refractivity contribution in [2.75, 3.05) is 0 Å². The second kappa shape index (κ2) is 4.11. The molecule has 0 unspecified atom stereocenters. The average Bonchev–Trinajstić information content (AvgIpc) is 2.66. The Bertz CT molecular complexity index is 703. The quantitative estimate of drug-likeness (QED) is 0.718. The van der Waals surface area contributed by atoms with Gasteiger partial charge in [-0.3, -0.25) is 4.79 Å². The molecule has 3 nitrogen and oxygen atoms in total. The molecular weight excluding hydrogens is 238 g/mol. The molecule has 0 aliphatic heterocycles. The lowest BCUT2D eigenvalue weighted by Gasteiger charge is -1.94. The summed E-state index contributed by atoms with van der Waals surface area (Å²) in [5.74, 6) is -0.424. The van der Waals surface area contributed by atoms with E-state index in [9.17, 15) is 4.79 Å². The number of furan rings is 1. The molecule has 2 N–H and O–H groups in total. The number of hydrogen-bond donors (Lipinski definition) is 1. The van der Waals surface area contributed by atoms with Gasteiger partial charge in [-0.1, -0.05) is 18.2 Å². The van der Waals surface area contributed by atoms with E-state index >= 15 is 0 Å². The topological polar surface area (TPSA) is 56.2 Å². The summed E-state index contributed by atoms with van der Waals surface area (Å²) in [4.78, 5) is 11.1. The van der Waals surface area contributed by atoms with Crippen molar-refractivity contribution < 1.29 is 9.21 Å². The van der Waals surface area contributed by atoms with Crippen molar-refractivity contribution >= 4 is 40.3 Å². The third-order valence-electron chi connectivity index (χ3n) is 2.66. The fourth-order valence-corrected chi connectivity index (χ4v) is 1.88. The number of nitrogens with two attached hydrogens (primary N) is 1. The first kappa shape index (κ1) is 11.5. The van der Waals surface area contributed by atoms with E-state index in [0.29, 0.717) is 5.56 Å². The summed E-state index contributed by atoms with van der Waals surface area (Å²) < 4.78 is 5.64. The highest BCUT2D eigenvalue weighted by Gasteiger charge is 2.08. The molecule has 0 saturated carbocycles. The van der Waals surface area contributed by atoms with Crippen molar-refractivity contribution in [3.05, 3.63) is 48.0 Å². The number of fused-ring (bicyclic) bond motifs is 3. The first-order chi connectivity index (χ1) is 7.75. The van der Waals surface area contributed by atoms with Gasteiger partial charge >= 0.3 is 0 Å². The molecule has 1 heterocycles. The van der Waals surface area contributed by atoms with Gasteiger partial charge in [0.1, 0.15) is 11.2 Å². The van der Waals surface area contributed by atoms with E-state index < -0.39 is 5.91 Å². The Kier molecular flexibility index (Phi) is 2.77. The van der Waals surface area contributed by atoms with Crippen molar-refractivity contribution in [3.8, 4) is 0 Å². The molecular formula is C13H10ClNO2. The Morgan fingerprint density at radius 1 is 1.00 bits per heavy atom. The van der Waals surface area contributed by atoms with Gasteiger partial charge in [0, 0.05) is 16.3 Å². The Morgan fingerprint density at radius 2 is 1.71 bits per heavy atom. The lowest BCUT2D eigenvalue weighted by molar-refractivity contribution is 0.100. The second-order valence-corrected chi connectivity index (χ2v) is 3.67. The van der Waals surface area contributed by atoms with Crippen LogP contribution in [0, 0.1) is 0 Å². The fraction of sp³-hybridized carbons (Fsp3) is 0. The fourth-order valence-electron chi connectivity index (χ4n) is 1.88. The van der Waals surface area contributed by atoms with Gasteiger partial charge < -0.3 is 10.2 Å². The monoisotopic (exact) mass is 247 g/mol. The number of halogens is 1. The van der Waals surface area contributed by atoms with Crippen LogP contribution in [0.2, 0.25) is 0 Å². The van der Waals surface area contributed by atoms with Crippen LogP contribution in [0.25, 0.3) is 21.9 Å². The van der Waals surface area contributed by atoms with E-state index in [4.69, 9.17) is 10.2 Å². The zero-order valence-corrected chi connectivity index (χ0v) is 9.66. The number of amides is 1. The van der Waals surface area contributed by atoms with E-state index in [1.165, 1.54) is 0 Å². The number of carbonyl (C=O) groups excluding carboxylic acids is 1. The molecule has 1 aromatic heterocycles. The molecule has 0 bridgehead atoms. The van der Waals surface area contributed by atoms with Gasteiger partial charge in [0.25, 0.3) is 0 Å². The number of primary amides is 1. The Labute approximate surface area is 104 Å². The lowest BCUT2D eigenvalue weighted by Crippen LogP contribution is -2.10. The highest BCUT2D eigenvalue weighted by Crippen LogP contribution is 2.28. The maximum absolute atomic E-state index is 11.1. The molecule has 1 amide bonds. The minimum absolute atomic E-state index is 0. The number of carbonyl (C=O) groups is 1. The molecule has 0 atom stereocenters. The summed E-state index contributed by atoms with van der Waals surface area (Å²) in [6, 6.07) is 12.9. The Morgan fingerprint density at radius 3 is 2.47 bits per heavy atom. The van der Waals surface area contributed by atoms with Crippen molar-refractivity contribution in [2.24, 2.45) is 5.73 Å². The van der Waals surface area contributed by atoms with E-state index in [1.54, 1.807) is 18.2 Å². The largest absolute Gasteiger partial charge is 0.456 e. The summed E-state index contributed by atoms with van der Waals surface area (Å²) in [6.45, 7) is 0. The normalized spacial score (nSPS) is 10.4. The highest BCUT2D eigenvalue weighted by atomic mass is 35.5. The molecule has 17 heavy (non-hydrogen) atoms. The van der Waals surface area contributed by atoms with Gasteiger partial charge in [0.05, 0.1) is 0 Å². The van der Waals surface area contributed by atoms with Crippen LogP contribution < -0.4 is 5.73 Å². The standard InChI is InChI=1S/C13H9NO2.ClH/c14-13(15)8-5-6-12-10(7-8)9-3-1-2-4-11(9)16-12;/h1-7H,(H2,14,15);1H. The van der Waals surface area contributed by atoms with Crippen LogP contribution in [-0.2, 0) is 0 Å². The van der Waals surface area contributed by atoms with Crippen LogP contribution in [0.5, 0.6) is 0 Å². The Balaban J connectivity index is 0.00000108. The minimum atomic E-state index is -0.424. The maximum Gasteiger partial charge on any atom is 0.248 e. The van der Waals surface area contributed by atoms with Crippen LogP contribution in [-0.4, -0.2) is 5.91 Å². The zero-order valence-electron chi connectivity index (χ0n) is 8.84. The number of para-hydroxylation sites is 1. The summed E-state index contributed by atoms with van der Waals surface area (Å²) >= 11 is 0. The molecule has 0 saturated heterocycles. The van der Waals surface area contributed by atoms with Gasteiger partial charge in [-0.2, -0.15) is 0 Å². The van der Waals surface area contributed by atoms with Crippen LogP contribution in [0.15, 0.2) is 46.9 Å². The molecule has 3 aromatic rings. The van der Waals surface area contributed by atoms with Gasteiger partial charge in [-0.25, -0.2) is 0 Å². The molecule has 0 spiro atoms. The van der Waals surface area contributed by atoms with E-state index in [1.807, 2.05) is 24.3 Å². The van der Waals surface area contributed by atoms with Crippen LogP contribution in [0.4, 0.5) is 0 Å².